The molecule has 2 aromatic heterocycles. The molecule has 1 fully saturated rings. The number of hydrogen-bond donors (Lipinski definition) is 3. The zero-order chi connectivity index (χ0) is 15.5. The molecule has 4 nitrogen and oxygen atoms in total. The van der Waals surface area contributed by atoms with E-state index in [0.717, 1.165) is 37.7 Å². The third-order valence-corrected chi connectivity index (χ3v) is 4.65. The van der Waals surface area contributed by atoms with Crippen LogP contribution < -0.4 is 10.6 Å². The fraction of sp³-hybridized carbons (Fsp3) is 0.316. The van der Waals surface area contributed by atoms with Crippen molar-refractivity contribution in [3.8, 4) is 0 Å². The van der Waals surface area contributed by atoms with Gasteiger partial charge in [0.15, 0.2) is 0 Å². The van der Waals surface area contributed by atoms with Gasteiger partial charge >= 0.3 is 0 Å². The molecule has 0 spiro atoms. The van der Waals surface area contributed by atoms with Crippen LogP contribution in [0.5, 0.6) is 0 Å². The van der Waals surface area contributed by atoms with E-state index in [1.165, 1.54) is 16.5 Å². The van der Waals surface area contributed by atoms with Gasteiger partial charge < -0.3 is 15.6 Å². The van der Waals surface area contributed by atoms with Crippen LogP contribution >= 0.6 is 0 Å². The predicted octanol–water partition coefficient (Wildman–Crippen LogP) is 3.00. The molecule has 3 aromatic rings. The van der Waals surface area contributed by atoms with Gasteiger partial charge in [0, 0.05) is 36.1 Å². The Labute approximate surface area is 136 Å². The van der Waals surface area contributed by atoms with Crippen molar-refractivity contribution >= 4 is 10.8 Å². The van der Waals surface area contributed by atoms with Crippen molar-refractivity contribution in [3.05, 3.63) is 66.2 Å². The number of aromatic amines is 1. The zero-order valence-electron chi connectivity index (χ0n) is 13.1. The Balaban J connectivity index is 1.47. The topological polar surface area (TPSA) is 52.7 Å². The molecule has 1 aliphatic rings. The van der Waals surface area contributed by atoms with E-state index in [1.807, 2.05) is 12.4 Å². The maximum absolute atomic E-state index is 4.59. The Hall–Kier alpha value is -2.17. The molecule has 0 aliphatic carbocycles. The number of nitrogens with zero attached hydrogens (tertiary/aromatic N) is 1. The SMILES string of the molecule is c1c[nH]c([C@H](CC2CNC2)NCc2cc3ccccc3cn2)c1. The molecule has 0 saturated carbocycles. The minimum atomic E-state index is 0.352. The second-order valence-electron chi connectivity index (χ2n) is 6.34. The molecule has 1 aromatic carbocycles. The largest absolute Gasteiger partial charge is 0.364 e. The highest BCUT2D eigenvalue weighted by molar-refractivity contribution is 5.81. The summed E-state index contributed by atoms with van der Waals surface area (Å²) in [5.41, 5.74) is 2.35. The molecule has 0 amide bonds. The van der Waals surface area contributed by atoms with Crippen LogP contribution in [0.4, 0.5) is 0 Å². The van der Waals surface area contributed by atoms with Gasteiger partial charge in [0.05, 0.1) is 5.69 Å². The van der Waals surface area contributed by atoms with Gasteiger partial charge in [0.1, 0.15) is 0 Å². The number of H-pyrrole nitrogens is 1. The number of aromatic nitrogens is 2. The quantitative estimate of drug-likeness (QED) is 0.656. The van der Waals surface area contributed by atoms with E-state index in [0.29, 0.717) is 6.04 Å². The summed E-state index contributed by atoms with van der Waals surface area (Å²) in [5.74, 6) is 0.764. The second kappa shape index (κ2) is 6.52. The molecule has 0 bridgehead atoms. The summed E-state index contributed by atoms with van der Waals surface area (Å²) in [6.07, 6.45) is 5.12. The molecular weight excluding hydrogens is 284 g/mol. The van der Waals surface area contributed by atoms with Crippen molar-refractivity contribution < 1.29 is 0 Å². The Morgan fingerprint density at radius 3 is 2.74 bits per heavy atom. The normalized spacial score (nSPS) is 16.3. The number of nitrogens with one attached hydrogen (secondary N) is 3. The van der Waals surface area contributed by atoms with Gasteiger partial charge in [-0.25, -0.2) is 0 Å². The highest BCUT2D eigenvalue weighted by atomic mass is 15.0. The van der Waals surface area contributed by atoms with Crippen LogP contribution in [0.2, 0.25) is 0 Å². The molecule has 0 unspecified atom stereocenters. The van der Waals surface area contributed by atoms with Crippen LogP contribution in [-0.2, 0) is 6.54 Å². The van der Waals surface area contributed by atoms with E-state index in [1.54, 1.807) is 0 Å². The monoisotopic (exact) mass is 306 g/mol. The lowest BCUT2D eigenvalue weighted by atomic mass is 9.93. The first-order valence-corrected chi connectivity index (χ1v) is 8.29. The Kier molecular flexibility index (Phi) is 4.09. The molecule has 118 valence electrons. The lowest BCUT2D eigenvalue weighted by Gasteiger charge is -2.31. The average molecular weight is 306 g/mol. The van der Waals surface area contributed by atoms with E-state index in [2.05, 4.69) is 63.1 Å². The molecule has 3 N–H and O–H groups in total. The molecule has 4 rings (SSSR count). The van der Waals surface area contributed by atoms with Gasteiger partial charge in [0.25, 0.3) is 0 Å². The first-order chi connectivity index (χ1) is 11.4. The molecule has 3 heterocycles. The number of benzene rings is 1. The van der Waals surface area contributed by atoms with Gasteiger partial charge in [-0.15, -0.1) is 0 Å². The molecule has 1 saturated heterocycles. The van der Waals surface area contributed by atoms with Gasteiger partial charge in [-0.2, -0.15) is 0 Å². The third-order valence-electron chi connectivity index (χ3n) is 4.65. The number of rotatable bonds is 6. The van der Waals surface area contributed by atoms with E-state index in [-0.39, 0.29) is 0 Å². The van der Waals surface area contributed by atoms with Crippen LogP contribution in [0.1, 0.15) is 23.9 Å². The van der Waals surface area contributed by atoms with Crippen LogP contribution in [0, 0.1) is 5.92 Å². The highest BCUT2D eigenvalue weighted by Gasteiger charge is 2.23. The van der Waals surface area contributed by atoms with E-state index in [4.69, 9.17) is 0 Å². The average Bonchev–Trinajstić information content (AvgIpc) is 3.07. The van der Waals surface area contributed by atoms with E-state index < -0.39 is 0 Å². The smallest absolute Gasteiger partial charge is 0.0548 e. The maximum atomic E-state index is 4.59. The van der Waals surface area contributed by atoms with E-state index in [9.17, 15) is 0 Å². The fourth-order valence-corrected chi connectivity index (χ4v) is 3.18. The summed E-state index contributed by atoms with van der Waals surface area (Å²) < 4.78 is 0. The summed E-state index contributed by atoms with van der Waals surface area (Å²) in [7, 11) is 0. The number of pyridine rings is 1. The van der Waals surface area contributed by atoms with Gasteiger partial charge in [-0.3, -0.25) is 4.98 Å². The standard InChI is InChI=1S/C19H22N4/c1-2-5-16-12-22-17(9-15(16)4-1)13-23-19(8-14-10-20-11-14)18-6-3-7-21-18/h1-7,9,12,14,19-21,23H,8,10-11,13H2/t19-/m0/s1. The number of hydrogen-bond acceptors (Lipinski definition) is 3. The van der Waals surface area contributed by atoms with Crippen LogP contribution in [0.3, 0.4) is 0 Å². The lowest BCUT2D eigenvalue weighted by molar-refractivity contribution is 0.284. The second-order valence-corrected chi connectivity index (χ2v) is 6.34. The predicted molar refractivity (Wildman–Crippen MR) is 93.1 cm³/mol. The molecule has 1 aliphatic heterocycles. The Morgan fingerprint density at radius 2 is 2.00 bits per heavy atom. The van der Waals surface area contributed by atoms with Crippen LogP contribution in [0.25, 0.3) is 10.8 Å². The van der Waals surface area contributed by atoms with Crippen LogP contribution in [-0.4, -0.2) is 23.1 Å². The lowest BCUT2D eigenvalue weighted by Crippen LogP contribution is -2.43. The van der Waals surface area contributed by atoms with Crippen molar-refractivity contribution in [2.75, 3.05) is 13.1 Å². The highest BCUT2D eigenvalue weighted by Crippen LogP contribution is 2.23. The minimum Gasteiger partial charge on any atom is -0.364 e. The molecule has 1 atom stereocenters. The summed E-state index contributed by atoms with van der Waals surface area (Å²) in [5, 5.41) is 9.48. The Bertz CT molecular complexity index is 762. The summed E-state index contributed by atoms with van der Waals surface area (Å²) in [6, 6.07) is 15.1. The van der Waals surface area contributed by atoms with Gasteiger partial charge in [0.2, 0.25) is 0 Å². The summed E-state index contributed by atoms with van der Waals surface area (Å²) in [4.78, 5) is 7.94. The first kappa shape index (κ1) is 14.4. The van der Waals surface area contributed by atoms with Gasteiger partial charge in [-0.1, -0.05) is 24.3 Å². The molecule has 23 heavy (non-hydrogen) atoms. The molecular formula is C19H22N4. The Morgan fingerprint density at radius 1 is 1.13 bits per heavy atom. The summed E-state index contributed by atoms with van der Waals surface area (Å²) in [6.45, 7) is 3.05. The van der Waals surface area contributed by atoms with Crippen molar-refractivity contribution in [3.63, 3.8) is 0 Å². The molecule has 0 radical (unpaired) electrons. The van der Waals surface area contributed by atoms with Crippen LogP contribution in [0.15, 0.2) is 54.9 Å². The van der Waals surface area contributed by atoms with Crippen molar-refractivity contribution in [2.24, 2.45) is 5.92 Å². The van der Waals surface area contributed by atoms with Crippen molar-refractivity contribution in [1.29, 1.82) is 0 Å². The zero-order valence-corrected chi connectivity index (χ0v) is 13.1. The number of fused-ring (bicyclic) bond motifs is 1. The fourth-order valence-electron chi connectivity index (χ4n) is 3.18. The van der Waals surface area contributed by atoms with Gasteiger partial charge in [-0.05, 0) is 49.0 Å². The third kappa shape index (κ3) is 3.28. The minimum absolute atomic E-state index is 0.352. The maximum Gasteiger partial charge on any atom is 0.0548 e. The van der Waals surface area contributed by atoms with E-state index >= 15 is 0 Å². The van der Waals surface area contributed by atoms with Crippen molar-refractivity contribution in [1.82, 2.24) is 20.6 Å². The molecule has 4 heteroatoms. The summed E-state index contributed by atoms with van der Waals surface area (Å²) >= 11 is 0. The van der Waals surface area contributed by atoms with Crippen molar-refractivity contribution in [2.45, 2.75) is 19.0 Å². The first-order valence-electron chi connectivity index (χ1n) is 8.29.